The number of nitrogens with zero attached hydrogens (tertiary/aromatic N) is 4. The minimum atomic E-state index is -0.312. The molecule has 1 aliphatic heterocycles. The maximum absolute atomic E-state index is 13.0. The van der Waals surface area contributed by atoms with E-state index >= 15 is 0 Å². The summed E-state index contributed by atoms with van der Waals surface area (Å²) < 4.78 is 1.89. The highest BCUT2D eigenvalue weighted by Gasteiger charge is 2.28. The summed E-state index contributed by atoms with van der Waals surface area (Å²) in [6, 6.07) is 9.91. The van der Waals surface area contributed by atoms with Gasteiger partial charge in [0.25, 0.3) is 0 Å². The molecule has 0 radical (unpaired) electrons. The van der Waals surface area contributed by atoms with Gasteiger partial charge in [-0.2, -0.15) is 5.10 Å². The van der Waals surface area contributed by atoms with Crippen LogP contribution in [0.15, 0.2) is 36.5 Å². The van der Waals surface area contributed by atoms with E-state index in [0.717, 1.165) is 35.2 Å². The second-order valence-corrected chi connectivity index (χ2v) is 8.02. The van der Waals surface area contributed by atoms with E-state index in [9.17, 15) is 9.90 Å². The molecule has 5 rings (SSSR count). The highest BCUT2D eigenvalue weighted by atomic mass is 16.3. The lowest BCUT2D eigenvalue weighted by molar-refractivity contribution is 0.0988. The lowest BCUT2D eigenvalue weighted by atomic mass is 9.96. The summed E-state index contributed by atoms with van der Waals surface area (Å²) in [4.78, 5) is 19.7. The summed E-state index contributed by atoms with van der Waals surface area (Å²) in [5.74, 6) is 1.37. The third-order valence-corrected chi connectivity index (χ3v) is 5.88. The summed E-state index contributed by atoms with van der Waals surface area (Å²) in [6.07, 6.45) is 5.03. The zero-order chi connectivity index (χ0) is 19.3. The monoisotopic (exact) mass is 376 g/mol. The minimum absolute atomic E-state index is 0.0340. The molecule has 2 fully saturated rings. The molecule has 0 amide bonds. The highest BCUT2D eigenvalue weighted by molar-refractivity contribution is 5.97. The van der Waals surface area contributed by atoms with Gasteiger partial charge < -0.3 is 10.0 Å². The van der Waals surface area contributed by atoms with Crippen molar-refractivity contribution in [3.05, 3.63) is 53.3 Å². The molecule has 3 heterocycles. The number of aromatic nitrogens is 3. The Bertz CT molecular complexity index is 1050. The van der Waals surface area contributed by atoms with Gasteiger partial charge in [0.15, 0.2) is 5.78 Å². The van der Waals surface area contributed by atoms with Crippen molar-refractivity contribution in [1.29, 1.82) is 0 Å². The van der Waals surface area contributed by atoms with Crippen molar-refractivity contribution in [2.75, 3.05) is 18.0 Å². The van der Waals surface area contributed by atoms with E-state index in [-0.39, 0.29) is 11.9 Å². The number of β-amino-alcohol motifs (C(OH)–C–C–N with tert-alkyl or cyclic N) is 1. The molecule has 28 heavy (non-hydrogen) atoms. The molecule has 6 nitrogen and oxygen atoms in total. The predicted octanol–water partition coefficient (Wildman–Crippen LogP) is 2.84. The van der Waals surface area contributed by atoms with Crippen LogP contribution in [0.2, 0.25) is 0 Å². The summed E-state index contributed by atoms with van der Waals surface area (Å²) in [5, 5.41) is 15.2. The van der Waals surface area contributed by atoms with Crippen molar-refractivity contribution in [3.63, 3.8) is 0 Å². The number of aliphatic hydroxyl groups excluding tert-OH is 1. The number of Topliss-reactive ketones (excluding diaryl/α,β-unsaturated/α-hetero) is 1. The Balaban J connectivity index is 1.43. The van der Waals surface area contributed by atoms with Gasteiger partial charge in [0, 0.05) is 31.9 Å². The van der Waals surface area contributed by atoms with Gasteiger partial charge >= 0.3 is 0 Å². The number of fused-ring (bicyclic) bond motifs is 1. The molecule has 2 aliphatic rings. The van der Waals surface area contributed by atoms with Gasteiger partial charge in [-0.15, -0.1) is 0 Å². The molecule has 0 unspecified atom stereocenters. The molecule has 6 heteroatoms. The van der Waals surface area contributed by atoms with Crippen LogP contribution in [-0.2, 0) is 13.5 Å². The van der Waals surface area contributed by atoms with Gasteiger partial charge in [-0.05, 0) is 60.6 Å². The average Bonchev–Trinajstić information content (AvgIpc) is 3.36. The van der Waals surface area contributed by atoms with E-state index in [4.69, 9.17) is 0 Å². The molecule has 0 bridgehead atoms. The first kappa shape index (κ1) is 17.4. The van der Waals surface area contributed by atoms with E-state index < -0.39 is 0 Å². The SMILES string of the molecule is Cn1ncc2cc(CC(=O)c3cccc(N4CC[C@H](O)C4)n3)c(C3CC3)cc21. The fraction of sp³-hybridized carbons (Fsp3) is 0.409. The predicted molar refractivity (Wildman–Crippen MR) is 108 cm³/mol. The van der Waals surface area contributed by atoms with Gasteiger partial charge in [0.05, 0.1) is 17.8 Å². The normalized spacial score (nSPS) is 19.5. The van der Waals surface area contributed by atoms with E-state index in [1.165, 1.54) is 18.4 Å². The standard InChI is InChI=1S/C22H24N4O2/c1-25-20-11-18(14-5-6-14)15(9-16(20)12-23-25)10-21(28)19-3-2-4-22(24-19)26-8-7-17(27)13-26/h2-4,9,11-12,14,17,27H,5-8,10,13H2,1H3/t17-/m0/s1. The molecule has 1 aliphatic carbocycles. The number of aliphatic hydroxyl groups is 1. The number of ketones is 1. The fourth-order valence-electron chi connectivity index (χ4n) is 4.16. The summed E-state index contributed by atoms with van der Waals surface area (Å²) in [5.41, 5.74) is 3.98. The molecule has 144 valence electrons. The van der Waals surface area contributed by atoms with Crippen molar-refractivity contribution in [3.8, 4) is 0 Å². The lowest BCUT2D eigenvalue weighted by Gasteiger charge is -2.17. The van der Waals surface area contributed by atoms with Crippen LogP contribution in [0.3, 0.4) is 0 Å². The van der Waals surface area contributed by atoms with Gasteiger partial charge in [-0.1, -0.05) is 6.07 Å². The Labute approximate surface area is 163 Å². The van der Waals surface area contributed by atoms with Crippen LogP contribution in [0.4, 0.5) is 5.82 Å². The van der Waals surface area contributed by atoms with E-state index in [0.29, 0.717) is 24.6 Å². The average molecular weight is 376 g/mol. The van der Waals surface area contributed by atoms with Crippen molar-refractivity contribution in [1.82, 2.24) is 14.8 Å². The summed E-state index contributed by atoms with van der Waals surface area (Å²) in [7, 11) is 1.95. The van der Waals surface area contributed by atoms with E-state index in [1.54, 1.807) is 6.07 Å². The van der Waals surface area contributed by atoms with Crippen molar-refractivity contribution < 1.29 is 9.90 Å². The Hall–Kier alpha value is -2.73. The third-order valence-electron chi connectivity index (χ3n) is 5.88. The first-order chi connectivity index (χ1) is 13.6. The van der Waals surface area contributed by atoms with Gasteiger partial charge in [-0.3, -0.25) is 9.48 Å². The van der Waals surface area contributed by atoms with Crippen LogP contribution in [0.1, 0.15) is 46.8 Å². The van der Waals surface area contributed by atoms with Gasteiger partial charge in [0.1, 0.15) is 11.5 Å². The van der Waals surface area contributed by atoms with E-state index in [1.807, 2.05) is 35.0 Å². The molecule has 1 saturated carbocycles. The van der Waals surface area contributed by atoms with Gasteiger partial charge in [0.2, 0.25) is 0 Å². The Morgan fingerprint density at radius 3 is 2.86 bits per heavy atom. The van der Waals surface area contributed by atoms with Gasteiger partial charge in [-0.25, -0.2) is 4.98 Å². The largest absolute Gasteiger partial charge is 0.391 e. The molecule has 1 N–H and O–H groups in total. The van der Waals surface area contributed by atoms with Crippen molar-refractivity contribution in [2.24, 2.45) is 7.05 Å². The number of carbonyl (C=O) groups is 1. The zero-order valence-electron chi connectivity index (χ0n) is 16.0. The first-order valence-corrected chi connectivity index (χ1v) is 9.96. The third kappa shape index (κ3) is 3.18. The Morgan fingerprint density at radius 2 is 2.11 bits per heavy atom. The van der Waals surface area contributed by atoms with Crippen LogP contribution in [0, 0.1) is 0 Å². The smallest absolute Gasteiger partial charge is 0.185 e. The second-order valence-electron chi connectivity index (χ2n) is 8.02. The molecular formula is C22H24N4O2. The summed E-state index contributed by atoms with van der Waals surface area (Å²) >= 11 is 0. The fourth-order valence-corrected chi connectivity index (χ4v) is 4.16. The molecule has 2 aromatic heterocycles. The number of benzene rings is 1. The van der Waals surface area contributed by atoms with Crippen LogP contribution >= 0.6 is 0 Å². The zero-order valence-corrected chi connectivity index (χ0v) is 16.0. The Kier molecular flexibility index (Phi) is 4.16. The number of aryl methyl sites for hydroxylation is 1. The maximum atomic E-state index is 13.0. The van der Waals surface area contributed by atoms with Crippen molar-refractivity contribution >= 4 is 22.5 Å². The number of anilines is 1. The molecule has 3 aromatic rings. The molecule has 1 saturated heterocycles. The maximum Gasteiger partial charge on any atom is 0.185 e. The van der Waals surface area contributed by atoms with E-state index in [2.05, 4.69) is 22.2 Å². The molecular weight excluding hydrogens is 352 g/mol. The Morgan fingerprint density at radius 1 is 1.25 bits per heavy atom. The lowest BCUT2D eigenvalue weighted by Crippen LogP contribution is -2.23. The molecule has 1 atom stereocenters. The minimum Gasteiger partial charge on any atom is -0.391 e. The first-order valence-electron chi connectivity index (χ1n) is 9.96. The van der Waals surface area contributed by atoms with Crippen LogP contribution < -0.4 is 4.90 Å². The number of pyridine rings is 1. The van der Waals surface area contributed by atoms with Crippen LogP contribution in [0.5, 0.6) is 0 Å². The second kappa shape index (κ2) is 6.71. The number of rotatable bonds is 5. The number of hydrogen-bond donors (Lipinski definition) is 1. The molecule has 0 spiro atoms. The van der Waals surface area contributed by atoms with Crippen LogP contribution in [-0.4, -0.2) is 44.8 Å². The number of hydrogen-bond acceptors (Lipinski definition) is 5. The van der Waals surface area contributed by atoms with Crippen LogP contribution in [0.25, 0.3) is 10.9 Å². The van der Waals surface area contributed by atoms with Crippen molar-refractivity contribution in [2.45, 2.75) is 37.7 Å². The quantitative estimate of drug-likeness (QED) is 0.694. The number of carbonyl (C=O) groups excluding carboxylic acids is 1. The topological polar surface area (TPSA) is 71.2 Å². The summed E-state index contributed by atoms with van der Waals surface area (Å²) in [6.45, 7) is 1.35. The highest BCUT2D eigenvalue weighted by Crippen LogP contribution is 2.43. The molecule has 1 aromatic carbocycles.